The predicted octanol–water partition coefficient (Wildman–Crippen LogP) is -0.796. The number of benzene rings is 1. The molecule has 0 spiro atoms. The van der Waals surface area contributed by atoms with E-state index in [1.807, 2.05) is 0 Å². The van der Waals surface area contributed by atoms with Crippen molar-refractivity contribution in [2.24, 2.45) is 5.92 Å². The van der Waals surface area contributed by atoms with E-state index >= 15 is 0 Å². The van der Waals surface area contributed by atoms with E-state index < -0.39 is 18.0 Å². The lowest BCUT2D eigenvalue weighted by Crippen LogP contribution is -3.00. The predicted molar refractivity (Wildman–Crippen MR) is 92.6 cm³/mol. The second-order valence-corrected chi connectivity index (χ2v) is 6.30. The van der Waals surface area contributed by atoms with E-state index in [0.717, 1.165) is 6.54 Å². The summed E-state index contributed by atoms with van der Waals surface area (Å²) in [4.78, 5) is 26.8. The zero-order valence-electron chi connectivity index (χ0n) is 15.9. The molecule has 0 amide bonds. The van der Waals surface area contributed by atoms with Crippen LogP contribution in [0, 0.1) is 5.92 Å². The van der Waals surface area contributed by atoms with Crippen LogP contribution in [0.5, 0.6) is 0 Å². The van der Waals surface area contributed by atoms with Gasteiger partial charge in [0.25, 0.3) is 0 Å². The maximum atomic E-state index is 12.3. The molecule has 1 saturated heterocycles. The number of nitrogen functional groups attached to an aromatic ring is 1. The van der Waals surface area contributed by atoms with Crippen molar-refractivity contribution >= 4 is 17.6 Å². The van der Waals surface area contributed by atoms with Gasteiger partial charge in [0.15, 0.2) is 0 Å². The number of nitrogens with zero attached hydrogens (tertiary/aromatic N) is 1. The van der Waals surface area contributed by atoms with Gasteiger partial charge >= 0.3 is 13.4 Å². The molecule has 0 bridgehead atoms. The SMILES string of the molecule is CCOC(=O)C1CN(C(C)C)CCC1OC(=O)c1ccc(N)cc1.[Cl-].[H+]. The Balaban J connectivity index is 0.00000312. The summed E-state index contributed by atoms with van der Waals surface area (Å²) in [6.45, 7) is 7.58. The van der Waals surface area contributed by atoms with Gasteiger partial charge in [-0.2, -0.15) is 0 Å². The van der Waals surface area contributed by atoms with Gasteiger partial charge in [-0.05, 0) is 51.5 Å². The normalized spacial score (nSPS) is 20.6. The van der Waals surface area contributed by atoms with Crippen LogP contribution in [0.1, 0.15) is 39.0 Å². The first kappa shape index (κ1) is 21.3. The molecule has 1 aliphatic rings. The highest BCUT2D eigenvalue weighted by Gasteiger charge is 2.38. The summed E-state index contributed by atoms with van der Waals surface area (Å²) in [6, 6.07) is 6.89. The molecule has 0 aliphatic carbocycles. The van der Waals surface area contributed by atoms with Crippen LogP contribution in [0.15, 0.2) is 24.3 Å². The minimum atomic E-state index is -0.468. The largest absolute Gasteiger partial charge is 1.00 e. The number of nitrogens with two attached hydrogens (primary N) is 1. The Bertz CT molecular complexity index is 583. The molecule has 25 heavy (non-hydrogen) atoms. The van der Waals surface area contributed by atoms with Gasteiger partial charge in [0.2, 0.25) is 0 Å². The molecule has 1 fully saturated rings. The topological polar surface area (TPSA) is 81.9 Å². The van der Waals surface area contributed by atoms with Crippen LogP contribution < -0.4 is 18.1 Å². The highest BCUT2D eigenvalue weighted by atomic mass is 35.5. The fraction of sp³-hybridized carbons (Fsp3) is 0.556. The average molecular weight is 371 g/mol. The Hall–Kier alpha value is -1.79. The van der Waals surface area contributed by atoms with E-state index in [0.29, 0.717) is 36.9 Å². The second-order valence-electron chi connectivity index (χ2n) is 6.30. The highest BCUT2D eigenvalue weighted by molar-refractivity contribution is 5.90. The van der Waals surface area contributed by atoms with Crippen LogP contribution in [0.3, 0.4) is 0 Å². The lowest BCUT2D eigenvalue weighted by molar-refractivity contribution is -0.155. The number of hydrogen-bond donors (Lipinski definition) is 1. The van der Waals surface area contributed by atoms with E-state index in [2.05, 4.69) is 18.7 Å². The van der Waals surface area contributed by atoms with Crippen LogP contribution in [0.4, 0.5) is 5.69 Å². The first-order chi connectivity index (χ1) is 11.4. The molecule has 1 aliphatic heterocycles. The summed E-state index contributed by atoms with van der Waals surface area (Å²) in [5.74, 6) is -1.20. The number of likely N-dealkylation sites (tertiary alicyclic amines) is 1. The second kappa shape index (κ2) is 9.63. The van der Waals surface area contributed by atoms with Crippen molar-refractivity contribution in [3.05, 3.63) is 29.8 Å². The van der Waals surface area contributed by atoms with Gasteiger partial charge in [-0.3, -0.25) is 9.69 Å². The van der Waals surface area contributed by atoms with Gasteiger partial charge in [-0.1, -0.05) is 0 Å². The number of rotatable bonds is 5. The third kappa shape index (κ3) is 5.61. The summed E-state index contributed by atoms with van der Waals surface area (Å²) in [5.41, 5.74) is 6.64. The molecule has 2 unspecified atom stereocenters. The molecule has 1 aromatic carbocycles. The summed E-state index contributed by atoms with van der Waals surface area (Å²) >= 11 is 0. The van der Waals surface area contributed by atoms with Crippen LogP contribution in [0.2, 0.25) is 0 Å². The zero-order chi connectivity index (χ0) is 17.7. The average Bonchev–Trinajstić information content (AvgIpc) is 2.55. The number of halogens is 1. The number of piperidine rings is 1. The number of esters is 2. The summed E-state index contributed by atoms with van der Waals surface area (Å²) < 4.78 is 10.8. The molecule has 0 saturated carbocycles. The number of ether oxygens (including phenoxy) is 2. The van der Waals surface area contributed by atoms with Gasteiger partial charge in [0.1, 0.15) is 12.0 Å². The first-order valence-electron chi connectivity index (χ1n) is 8.39. The standard InChI is InChI=1S/C18H26N2O4.ClH/c1-4-23-18(22)15-11-20(12(2)3)10-9-16(15)24-17(21)13-5-7-14(19)8-6-13;/h5-8,12,15-16H,4,9-11,19H2,1-3H3;1H. The van der Waals surface area contributed by atoms with E-state index in [1.165, 1.54) is 0 Å². The van der Waals surface area contributed by atoms with E-state index in [1.54, 1.807) is 31.2 Å². The van der Waals surface area contributed by atoms with Gasteiger partial charge in [-0.15, -0.1) is 0 Å². The fourth-order valence-electron chi connectivity index (χ4n) is 2.87. The maximum Gasteiger partial charge on any atom is 1.00 e. The molecule has 1 heterocycles. The highest BCUT2D eigenvalue weighted by Crippen LogP contribution is 2.24. The monoisotopic (exact) mass is 370 g/mol. The van der Waals surface area contributed by atoms with Crippen molar-refractivity contribution in [3.8, 4) is 0 Å². The molecule has 6 nitrogen and oxygen atoms in total. The van der Waals surface area contributed by atoms with Crippen molar-refractivity contribution in [3.63, 3.8) is 0 Å². The third-order valence-electron chi connectivity index (χ3n) is 4.31. The Morgan fingerprint density at radius 1 is 1.32 bits per heavy atom. The molecular formula is C18H27ClN2O4. The number of anilines is 1. The van der Waals surface area contributed by atoms with Crippen LogP contribution in [-0.4, -0.2) is 48.7 Å². The van der Waals surface area contributed by atoms with Crippen molar-refractivity contribution in [1.82, 2.24) is 4.90 Å². The molecule has 2 atom stereocenters. The molecule has 140 valence electrons. The van der Waals surface area contributed by atoms with Crippen molar-refractivity contribution in [2.75, 3.05) is 25.4 Å². The molecule has 2 N–H and O–H groups in total. The molecule has 1 aromatic rings. The van der Waals surface area contributed by atoms with Crippen molar-refractivity contribution in [1.29, 1.82) is 0 Å². The van der Waals surface area contributed by atoms with E-state index in [9.17, 15) is 9.59 Å². The smallest absolute Gasteiger partial charge is 1.00 e. The van der Waals surface area contributed by atoms with Gasteiger partial charge in [-0.25, -0.2) is 4.79 Å². The van der Waals surface area contributed by atoms with E-state index in [-0.39, 0.29) is 19.8 Å². The number of hydrogen-bond acceptors (Lipinski definition) is 6. The lowest BCUT2D eigenvalue weighted by Gasteiger charge is -2.38. The molecular weight excluding hydrogens is 344 g/mol. The zero-order valence-corrected chi connectivity index (χ0v) is 15.7. The molecule has 0 aromatic heterocycles. The Labute approximate surface area is 156 Å². The summed E-state index contributed by atoms with van der Waals surface area (Å²) in [6.07, 6.45) is 0.145. The Kier molecular flexibility index (Phi) is 8.19. The van der Waals surface area contributed by atoms with Crippen LogP contribution in [0.25, 0.3) is 0 Å². The number of carbonyl (C=O) groups excluding carboxylic acids is 2. The minimum Gasteiger partial charge on any atom is -1.00 e. The first-order valence-corrected chi connectivity index (χ1v) is 8.39. The maximum absolute atomic E-state index is 12.3. The Morgan fingerprint density at radius 2 is 1.96 bits per heavy atom. The van der Waals surface area contributed by atoms with Crippen LogP contribution in [-0.2, 0) is 14.3 Å². The van der Waals surface area contributed by atoms with E-state index in [4.69, 9.17) is 15.2 Å². The van der Waals surface area contributed by atoms with Gasteiger partial charge in [0.05, 0.1) is 12.2 Å². The van der Waals surface area contributed by atoms with Gasteiger partial charge in [0, 0.05) is 24.8 Å². The van der Waals surface area contributed by atoms with Crippen molar-refractivity contribution in [2.45, 2.75) is 39.3 Å². The quantitative estimate of drug-likeness (QED) is 0.540. The van der Waals surface area contributed by atoms with Crippen LogP contribution >= 0.6 is 0 Å². The summed E-state index contributed by atoms with van der Waals surface area (Å²) in [7, 11) is 0. The Morgan fingerprint density at radius 3 is 2.52 bits per heavy atom. The third-order valence-corrected chi connectivity index (χ3v) is 4.31. The number of carbonyl (C=O) groups is 2. The summed E-state index contributed by atoms with van der Waals surface area (Å²) in [5, 5.41) is 0. The minimum absolute atomic E-state index is 0. The van der Waals surface area contributed by atoms with Gasteiger partial charge < -0.3 is 27.6 Å². The molecule has 2 rings (SSSR count). The molecule has 7 heteroatoms. The van der Waals surface area contributed by atoms with Crippen molar-refractivity contribution < 1.29 is 32.9 Å². The fourth-order valence-corrected chi connectivity index (χ4v) is 2.87. The molecule has 0 radical (unpaired) electrons. The lowest BCUT2D eigenvalue weighted by atomic mass is 9.93.